The molecule has 11 heavy (non-hydrogen) atoms. The standard InChI is InChI=1S/C10H9O/c1-2-4-9(5-3-1)6-7-10-8-11-10/h1-8,10H. The lowest BCUT2D eigenvalue weighted by molar-refractivity contribution is 0.463. The lowest BCUT2D eigenvalue weighted by Crippen LogP contribution is -1.73. The van der Waals surface area contributed by atoms with Crippen molar-refractivity contribution in [3.05, 3.63) is 48.6 Å². The molecule has 0 spiro atoms. The van der Waals surface area contributed by atoms with Gasteiger partial charge in [0.1, 0.15) is 12.7 Å². The smallest absolute Gasteiger partial charge is 0.117 e. The number of benzene rings is 1. The number of ether oxygens (including phenoxy) is 1. The fourth-order valence-electron chi connectivity index (χ4n) is 0.906. The van der Waals surface area contributed by atoms with Gasteiger partial charge in [-0.25, -0.2) is 0 Å². The summed E-state index contributed by atoms with van der Waals surface area (Å²) in [6, 6.07) is 10.2. The molecule has 0 N–H and O–H groups in total. The van der Waals surface area contributed by atoms with E-state index in [-0.39, 0.29) is 6.10 Å². The van der Waals surface area contributed by atoms with Crippen LogP contribution in [0.3, 0.4) is 0 Å². The third kappa shape index (κ3) is 1.92. The van der Waals surface area contributed by atoms with E-state index in [9.17, 15) is 0 Å². The van der Waals surface area contributed by atoms with Gasteiger partial charge in [-0.1, -0.05) is 42.5 Å². The van der Waals surface area contributed by atoms with Crippen LogP contribution in [0.1, 0.15) is 5.56 Å². The van der Waals surface area contributed by atoms with Gasteiger partial charge in [0.05, 0.1) is 0 Å². The molecule has 1 aromatic rings. The maximum Gasteiger partial charge on any atom is 0.117 e. The Labute approximate surface area is 66.3 Å². The Hall–Kier alpha value is -1.08. The Morgan fingerprint density at radius 3 is 2.55 bits per heavy atom. The van der Waals surface area contributed by atoms with Gasteiger partial charge in [0.15, 0.2) is 0 Å². The number of hydrogen-bond acceptors (Lipinski definition) is 1. The molecule has 1 aromatic carbocycles. The quantitative estimate of drug-likeness (QED) is 0.581. The molecule has 1 saturated heterocycles. The van der Waals surface area contributed by atoms with Crippen LogP contribution in [0, 0.1) is 6.61 Å². The highest BCUT2D eigenvalue weighted by Crippen LogP contribution is 2.17. The first-order valence-corrected chi connectivity index (χ1v) is 3.67. The van der Waals surface area contributed by atoms with Gasteiger partial charge < -0.3 is 4.74 Å². The van der Waals surface area contributed by atoms with Crippen molar-refractivity contribution in [3.63, 3.8) is 0 Å². The summed E-state index contributed by atoms with van der Waals surface area (Å²) in [7, 11) is 0. The molecule has 0 amide bonds. The maximum atomic E-state index is 4.92. The molecule has 1 heterocycles. The molecular formula is C10H9O. The molecule has 0 aromatic heterocycles. The average molecular weight is 145 g/mol. The summed E-state index contributed by atoms with van der Waals surface area (Å²) in [5.41, 5.74) is 1.22. The molecule has 2 rings (SSSR count). The van der Waals surface area contributed by atoms with Crippen molar-refractivity contribution in [1.82, 2.24) is 0 Å². The Kier molecular flexibility index (Phi) is 1.74. The summed E-state index contributed by atoms with van der Waals surface area (Å²) < 4.78 is 4.92. The van der Waals surface area contributed by atoms with Crippen LogP contribution in [0.2, 0.25) is 0 Å². The van der Waals surface area contributed by atoms with E-state index in [2.05, 4.69) is 18.2 Å². The minimum atomic E-state index is 0.259. The van der Waals surface area contributed by atoms with E-state index in [0.29, 0.717) is 0 Å². The Balaban J connectivity index is 2.05. The van der Waals surface area contributed by atoms with Crippen LogP contribution < -0.4 is 0 Å². The van der Waals surface area contributed by atoms with Gasteiger partial charge in [0.25, 0.3) is 0 Å². The second-order valence-electron chi connectivity index (χ2n) is 2.51. The van der Waals surface area contributed by atoms with Gasteiger partial charge in [-0.05, 0) is 5.56 Å². The van der Waals surface area contributed by atoms with E-state index in [1.54, 1.807) is 6.61 Å². The molecule has 0 saturated carbocycles. The molecule has 1 aliphatic heterocycles. The summed E-state index contributed by atoms with van der Waals surface area (Å²) in [4.78, 5) is 0. The van der Waals surface area contributed by atoms with Gasteiger partial charge in [0, 0.05) is 0 Å². The van der Waals surface area contributed by atoms with Gasteiger partial charge in [-0.15, -0.1) is 0 Å². The third-order valence-corrected chi connectivity index (χ3v) is 1.57. The van der Waals surface area contributed by atoms with Crippen molar-refractivity contribution in [3.8, 4) is 0 Å². The molecular weight excluding hydrogens is 136 g/mol. The summed E-state index contributed by atoms with van der Waals surface area (Å²) in [6.45, 7) is 1.80. The summed E-state index contributed by atoms with van der Waals surface area (Å²) in [6.07, 6.45) is 4.36. The first kappa shape index (κ1) is 6.62. The molecule has 0 bridgehead atoms. The molecule has 1 heteroatoms. The van der Waals surface area contributed by atoms with Gasteiger partial charge in [-0.2, -0.15) is 0 Å². The third-order valence-electron chi connectivity index (χ3n) is 1.57. The highest BCUT2D eigenvalue weighted by Gasteiger charge is 2.18. The molecule has 1 aliphatic rings. The zero-order chi connectivity index (χ0) is 7.52. The SMILES string of the molecule is [CH]1OC1C=Cc1ccccc1. The normalized spacial score (nSPS) is 22.4. The Morgan fingerprint density at radius 1 is 1.18 bits per heavy atom. The molecule has 1 radical (unpaired) electrons. The molecule has 1 fully saturated rings. The van der Waals surface area contributed by atoms with Crippen LogP contribution in [0.4, 0.5) is 0 Å². The van der Waals surface area contributed by atoms with Crippen molar-refractivity contribution in [2.75, 3.05) is 0 Å². The van der Waals surface area contributed by atoms with E-state index >= 15 is 0 Å². The second kappa shape index (κ2) is 2.89. The first-order valence-electron chi connectivity index (χ1n) is 3.67. The molecule has 1 nitrogen and oxygen atoms in total. The molecule has 55 valence electrons. The van der Waals surface area contributed by atoms with E-state index in [0.717, 1.165) is 0 Å². The van der Waals surface area contributed by atoms with E-state index in [4.69, 9.17) is 4.74 Å². The van der Waals surface area contributed by atoms with Crippen molar-refractivity contribution in [2.45, 2.75) is 6.10 Å². The van der Waals surface area contributed by atoms with E-state index in [1.807, 2.05) is 24.3 Å². The monoisotopic (exact) mass is 145 g/mol. The zero-order valence-corrected chi connectivity index (χ0v) is 6.10. The largest absolute Gasteiger partial charge is 0.362 e. The Morgan fingerprint density at radius 2 is 1.91 bits per heavy atom. The van der Waals surface area contributed by atoms with Crippen LogP contribution in [-0.2, 0) is 4.74 Å². The molecule has 0 aliphatic carbocycles. The van der Waals surface area contributed by atoms with Gasteiger partial charge in [-0.3, -0.25) is 0 Å². The van der Waals surface area contributed by atoms with Gasteiger partial charge >= 0.3 is 0 Å². The lowest BCUT2D eigenvalue weighted by Gasteiger charge is -1.88. The molecule has 1 unspecified atom stereocenters. The van der Waals surface area contributed by atoms with Crippen molar-refractivity contribution < 1.29 is 4.74 Å². The fourth-order valence-corrected chi connectivity index (χ4v) is 0.906. The van der Waals surface area contributed by atoms with Crippen LogP contribution in [0.25, 0.3) is 6.08 Å². The van der Waals surface area contributed by atoms with Crippen LogP contribution in [-0.4, -0.2) is 6.10 Å². The average Bonchev–Trinajstić information content (AvgIpc) is 2.86. The topological polar surface area (TPSA) is 12.5 Å². The highest BCUT2D eigenvalue weighted by atomic mass is 16.6. The fraction of sp³-hybridized carbons (Fsp3) is 0.100. The van der Waals surface area contributed by atoms with Crippen molar-refractivity contribution >= 4 is 6.08 Å². The summed E-state index contributed by atoms with van der Waals surface area (Å²) in [5, 5.41) is 0. The van der Waals surface area contributed by atoms with Crippen LogP contribution >= 0.6 is 0 Å². The predicted molar refractivity (Wildman–Crippen MR) is 44.6 cm³/mol. The second-order valence-corrected chi connectivity index (χ2v) is 2.51. The van der Waals surface area contributed by atoms with Crippen LogP contribution in [0.5, 0.6) is 0 Å². The Bertz CT molecular complexity index is 247. The minimum Gasteiger partial charge on any atom is -0.362 e. The van der Waals surface area contributed by atoms with E-state index in [1.165, 1.54) is 5.56 Å². The molecule has 1 atom stereocenters. The van der Waals surface area contributed by atoms with Crippen LogP contribution in [0.15, 0.2) is 36.4 Å². The maximum absolute atomic E-state index is 4.92. The first-order chi connectivity index (χ1) is 5.45. The zero-order valence-electron chi connectivity index (χ0n) is 6.10. The highest BCUT2D eigenvalue weighted by molar-refractivity contribution is 5.50. The lowest BCUT2D eigenvalue weighted by atomic mass is 10.2. The number of epoxide rings is 1. The van der Waals surface area contributed by atoms with Gasteiger partial charge in [0.2, 0.25) is 0 Å². The van der Waals surface area contributed by atoms with E-state index < -0.39 is 0 Å². The summed E-state index contributed by atoms with van der Waals surface area (Å²) >= 11 is 0. The number of hydrogen-bond donors (Lipinski definition) is 0. The minimum absolute atomic E-state index is 0.259. The van der Waals surface area contributed by atoms with Crippen molar-refractivity contribution in [2.24, 2.45) is 0 Å². The van der Waals surface area contributed by atoms with Crippen molar-refractivity contribution in [1.29, 1.82) is 0 Å². The summed E-state index contributed by atoms with van der Waals surface area (Å²) in [5.74, 6) is 0. The number of rotatable bonds is 2. The predicted octanol–water partition coefficient (Wildman–Crippen LogP) is 2.26.